The molecule has 1 N–H and O–H groups in total. The van der Waals surface area contributed by atoms with Crippen LogP contribution < -0.4 is 9.62 Å². The van der Waals surface area contributed by atoms with Crippen LogP contribution in [-0.2, 0) is 26.2 Å². The van der Waals surface area contributed by atoms with E-state index in [0.717, 1.165) is 29.4 Å². The molecule has 0 aliphatic carbocycles. The molecule has 9 heteroatoms. The highest BCUT2D eigenvalue weighted by Crippen LogP contribution is 2.27. The van der Waals surface area contributed by atoms with Crippen LogP contribution in [0.5, 0.6) is 0 Å². The zero-order chi connectivity index (χ0) is 27.8. The smallest absolute Gasteiger partial charge is 0.243 e. The van der Waals surface area contributed by atoms with Crippen molar-refractivity contribution in [3.8, 4) is 0 Å². The van der Waals surface area contributed by atoms with Crippen LogP contribution in [0.1, 0.15) is 63.1 Å². The van der Waals surface area contributed by atoms with Gasteiger partial charge in [0.25, 0.3) is 0 Å². The molecule has 0 aliphatic heterocycles. The van der Waals surface area contributed by atoms with E-state index in [1.807, 2.05) is 58.9 Å². The molecule has 0 spiro atoms. The molecular weight excluding hydrogens is 510 g/mol. The van der Waals surface area contributed by atoms with E-state index in [2.05, 4.69) is 5.32 Å². The Labute approximate surface area is 227 Å². The molecular formula is C28H40ClN3O4S. The van der Waals surface area contributed by atoms with Crippen molar-refractivity contribution in [2.24, 2.45) is 0 Å². The monoisotopic (exact) mass is 549 g/mol. The van der Waals surface area contributed by atoms with Crippen LogP contribution in [0.25, 0.3) is 0 Å². The number of hydrogen-bond acceptors (Lipinski definition) is 4. The number of carbonyl (C=O) groups excluding carboxylic acids is 2. The van der Waals surface area contributed by atoms with E-state index in [1.54, 1.807) is 23.1 Å². The SMILES string of the molecule is CC[C@H](C(=O)N[C@@H](C)CC)N(Cc1ccc(C)cc1)C(=O)CCCN(c1cc(Cl)ccc1C)S(C)(=O)=O. The van der Waals surface area contributed by atoms with E-state index in [1.165, 1.54) is 4.31 Å². The van der Waals surface area contributed by atoms with Crippen LogP contribution in [0.3, 0.4) is 0 Å². The number of rotatable bonds is 13. The average molecular weight is 550 g/mol. The topological polar surface area (TPSA) is 86.8 Å². The number of carbonyl (C=O) groups is 2. The lowest BCUT2D eigenvalue weighted by Gasteiger charge is -2.32. The Morgan fingerprint density at radius 2 is 1.68 bits per heavy atom. The van der Waals surface area contributed by atoms with Gasteiger partial charge in [0.1, 0.15) is 6.04 Å². The maximum absolute atomic E-state index is 13.5. The number of amides is 2. The zero-order valence-electron chi connectivity index (χ0n) is 22.8. The van der Waals surface area contributed by atoms with Gasteiger partial charge in [0, 0.05) is 30.6 Å². The molecule has 2 atom stereocenters. The van der Waals surface area contributed by atoms with E-state index >= 15 is 0 Å². The first-order valence-electron chi connectivity index (χ1n) is 12.8. The molecule has 2 rings (SSSR count). The van der Waals surface area contributed by atoms with Gasteiger partial charge in [-0.2, -0.15) is 0 Å². The molecule has 0 aliphatic rings. The Morgan fingerprint density at radius 1 is 1.03 bits per heavy atom. The number of benzene rings is 2. The first-order valence-corrected chi connectivity index (χ1v) is 15.0. The number of aryl methyl sites for hydroxylation is 2. The van der Waals surface area contributed by atoms with Crippen molar-refractivity contribution in [1.82, 2.24) is 10.2 Å². The average Bonchev–Trinajstić information content (AvgIpc) is 2.83. The number of sulfonamides is 1. The molecule has 7 nitrogen and oxygen atoms in total. The molecule has 0 fully saturated rings. The third-order valence-electron chi connectivity index (χ3n) is 6.45. The van der Waals surface area contributed by atoms with E-state index in [-0.39, 0.29) is 30.8 Å². The number of nitrogens with one attached hydrogen (secondary N) is 1. The van der Waals surface area contributed by atoms with Gasteiger partial charge < -0.3 is 10.2 Å². The van der Waals surface area contributed by atoms with Crippen LogP contribution >= 0.6 is 11.6 Å². The molecule has 0 radical (unpaired) electrons. The van der Waals surface area contributed by atoms with E-state index in [9.17, 15) is 18.0 Å². The summed E-state index contributed by atoms with van der Waals surface area (Å²) in [5, 5.41) is 3.44. The molecule has 0 saturated carbocycles. The lowest BCUT2D eigenvalue weighted by molar-refractivity contribution is -0.141. The summed E-state index contributed by atoms with van der Waals surface area (Å²) in [6, 6.07) is 12.4. The molecule has 37 heavy (non-hydrogen) atoms. The first kappa shape index (κ1) is 30.6. The van der Waals surface area contributed by atoms with Gasteiger partial charge in [-0.1, -0.05) is 61.3 Å². The molecule has 2 aromatic carbocycles. The molecule has 0 saturated heterocycles. The summed E-state index contributed by atoms with van der Waals surface area (Å²) in [5.74, 6) is -0.368. The van der Waals surface area contributed by atoms with Gasteiger partial charge in [-0.25, -0.2) is 8.42 Å². The zero-order valence-corrected chi connectivity index (χ0v) is 24.3. The molecule has 0 heterocycles. The third kappa shape index (κ3) is 9.04. The number of hydrogen-bond donors (Lipinski definition) is 1. The van der Waals surface area contributed by atoms with Crippen molar-refractivity contribution in [3.63, 3.8) is 0 Å². The van der Waals surface area contributed by atoms with Crippen LogP contribution in [0.2, 0.25) is 5.02 Å². The highest BCUT2D eigenvalue weighted by molar-refractivity contribution is 7.92. The Morgan fingerprint density at radius 3 is 2.24 bits per heavy atom. The summed E-state index contributed by atoms with van der Waals surface area (Å²) in [6.45, 7) is 10.1. The quantitative estimate of drug-likeness (QED) is 0.371. The predicted molar refractivity (Wildman–Crippen MR) is 151 cm³/mol. The normalized spacial score (nSPS) is 13.1. The lowest BCUT2D eigenvalue weighted by Crippen LogP contribution is -2.50. The van der Waals surface area contributed by atoms with Crippen LogP contribution in [-0.4, -0.2) is 50.0 Å². The predicted octanol–water partition coefficient (Wildman–Crippen LogP) is 5.23. The minimum atomic E-state index is -3.59. The van der Waals surface area contributed by atoms with Gasteiger partial charge in [-0.15, -0.1) is 0 Å². The summed E-state index contributed by atoms with van der Waals surface area (Å²) in [5.41, 5.74) is 3.31. The molecule has 0 aromatic heterocycles. The number of halogens is 1. The Hall–Kier alpha value is -2.58. The Bertz CT molecular complexity index is 1170. The van der Waals surface area contributed by atoms with Gasteiger partial charge in [-0.05, 0) is 63.3 Å². The highest BCUT2D eigenvalue weighted by Gasteiger charge is 2.29. The van der Waals surface area contributed by atoms with E-state index < -0.39 is 16.1 Å². The molecule has 2 amide bonds. The fourth-order valence-corrected chi connectivity index (χ4v) is 5.27. The minimum Gasteiger partial charge on any atom is -0.352 e. The fourth-order valence-electron chi connectivity index (χ4n) is 4.08. The third-order valence-corrected chi connectivity index (χ3v) is 7.87. The molecule has 0 unspecified atom stereocenters. The summed E-state index contributed by atoms with van der Waals surface area (Å²) in [4.78, 5) is 28.2. The summed E-state index contributed by atoms with van der Waals surface area (Å²) < 4.78 is 26.5. The standard InChI is InChI=1S/C28H40ClN3O4S/c1-7-22(5)30-28(34)25(8-2)31(19-23-14-11-20(3)12-15-23)27(33)10-9-17-32(37(6,35)36)26-18-24(29)16-13-21(26)4/h11-16,18,22,25H,7-10,17,19H2,1-6H3,(H,30,34)/t22-,25+/m0/s1. The van der Waals surface area contributed by atoms with Gasteiger partial charge in [-0.3, -0.25) is 13.9 Å². The largest absolute Gasteiger partial charge is 0.352 e. The highest BCUT2D eigenvalue weighted by atomic mass is 35.5. The van der Waals surface area contributed by atoms with Crippen molar-refractivity contribution in [2.75, 3.05) is 17.1 Å². The Kier molecular flexibility index (Phi) is 11.4. The lowest BCUT2D eigenvalue weighted by atomic mass is 10.1. The number of anilines is 1. The Balaban J connectivity index is 2.25. The van der Waals surface area contributed by atoms with Crippen molar-refractivity contribution >= 4 is 39.1 Å². The van der Waals surface area contributed by atoms with E-state index in [0.29, 0.717) is 30.1 Å². The fraction of sp³-hybridized carbons (Fsp3) is 0.500. The van der Waals surface area contributed by atoms with Crippen molar-refractivity contribution in [3.05, 3.63) is 64.2 Å². The summed E-state index contributed by atoms with van der Waals surface area (Å²) >= 11 is 6.13. The molecule has 2 aromatic rings. The van der Waals surface area contributed by atoms with Gasteiger partial charge in [0.2, 0.25) is 21.8 Å². The second-order valence-electron chi connectivity index (χ2n) is 9.62. The summed E-state index contributed by atoms with van der Waals surface area (Å²) in [6.07, 6.45) is 2.80. The maximum Gasteiger partial charge on any atom is 0.243 e. The minimum absolute atomic E-state index is 0.00197. The van der Waals surface area contributed by atoms with Crippen LogP contribution in [0, 0.1) is 13.8 Å². The second kappa shape index (κ2) is 13.8. The van der Waals surface area contributed by atoms with Crippen molar-refractivity contribution in [1.29, 1.82) is 0 Å². The van der Waals surface area contributed by atoms with Gasteiger partial charge in [0.15, 0.2) is 0 Å². The van der Waals surface area contributed by atoms with Gasteiger partial charge >= 0.3 is 0 Å². The first-order chi connectivity index (χ1) is 17.4. The van der Waals surface area contributed by atoms with E-state index in [4.69, 9.17) is 11.6 Å². The summed E-state index contributed by atoms with van der Waals surface area (Å²) in [7, 11) is -3.59. The maximum atomic E-state index is 13.5. The van der Waals surface area contributed by atoms with Crippen LogP contribution in [0.4, 0.5) is 5.69 Å². The number of nitrogens with zero attached hydrogens (tertiary/aromatic N) is 2. The van der Waals surface area contributed by atoms with Crippen molar-refractivity contribution < 1.29 is 18.0 Å². The second-order valence-corrected chi connectivity index (χ2v) is 12.0. The van der Waals surface area contributed by atoms with Gasteiger partial charge in [0.05, 0.1) is 11.9 Å². The van der Waals surface area contributed by atoms with Crippen molar-refractivity contribution in [2.45, 2.75) is 78.9 Å². The molecule has 204 valence electrons. The van der Waals surface area contributed by atoms with Crippen LogP contribution in [0.15, 0.2) is 42.5 Å². The molecule has 0 bridgehead atoms.